The molecule has 0 aliphatic carbocycles. The SMILES string of the molecule is COC(CC(N)=O)OC. The molecule has 0 aromatic rings. The first kappa shape index (κ1) is 8.39. The normalized spacial score (nSPS) is 10.1. The van der Waals surface area contributed by atoms with Crippen molar-refractivity contribution in [2.45, 2.75) is 12.7 Å². The highest BCUT2D eigenvalue weighted by Gasteiger charge is 2.07. The zero-order valence-electron chi connectivity index (χ0n) is 5.59. The molecule has 0 unspecified atom stereocenters. The standard InChI is InChI=1S/C5H11NO3/c1-8-5(9-2)3-4(6)7/h5H,3H2,1-2H3,(H2,6,7). The van der Waals surface area contributed by atoms with Crippen molar-refractivity contribution in [3.63, 3.8) is 0 Å². The number of hydrogen-bond acceptors (Lipinski definition) is 3. The van der Waals surface area contributed by atoms with Crippen molar-refractivity contribution in [3.8, 4) is 0 Å². The average molecular weight is 133 g/mol. The molecule has 9 heavy (non-hydrogen) atoms. The van der Waals surface area contributed by atoms with Crippen LogP contribution in [0.3, 0.4) is 0 Å². The zero-order valence-corrected chi connectivity index (χ0v) is 5.59. The molecule has 0 spiro atoms. The number of ether oxygens (including phenoxy) is 2. The van der Waals surface area contributed by atoms with Gasteiger partial charge in [-0.2, -0.15) is 0 Å². The van der Waals surface area contributed by atoms with E-state index < -0.39 is 12.2 Å². The second-order valence-electron chi connectivity index (χ2n) is 1.57. The summed E-state index contributed by atoms with van der Waals surface area (Å²) >= 11 is 0. The first-order valence-corrected chi connectivity index (χ1v) is 2.54. The maximum absolute atomic E-state index is 10.2. The van der Waals surface area contributed by atoms with Crippen LogP contribution in [-0.2, 0) is 14.3 Å². The highest BCUT2D eigenvalue weighted by atomic mass is 16.7. The first-order valence-electron chi connectivity index (χ1n) is 2.54. The Hall–Kier alpha value is -0.610. The van der Waals surface area contributed by atoms with Gasteiger partial charge in [-0.05, 0) is 0 Å². The van der Waals surface area contributed by atoms with Crippen LogP contribution in [0.1, 0.15) is 6.42 Å². The van der Waals surface area contributed by atoms with Gasteiger partial charge in [-0.3, -0.25) is 4.79 Å². The smallest absolute Gasteiger partial charge is 0.222 e. The number of hydrogen-bond donors (Lipinski definition) is 1. The predicted molar refractivity (Wildman–Crippen MR) is 31.6 cm³/mol. The molecule has 0 aromatic heterocycles. The Balaban J connectivity index is 3.43. The second kappa shape index (κ2) is 4.29. The van der Waals surface area contributed by atoms with Gasteiger partial charge < -0.3 is 15.2 Å². The summed E-state index contributed by atoms with van der Waals surface area (Å²) in [6, 6.07) is 0. The zero-order chi connectivity index (χ0) is 7.28. The Kier molecular flexibility index (Phi) is 4.00. The molecule has 0 fully saturated rings. The van der Waals surface area contributed by atoms with Crippen LogP contribution in [0.4, 0.5) is 0 Å². The van der Waals surface area contributed by atoms with E-state index in [4.69, 9.17) is 5.73 Å². The summed E-state index contributed by atoms with van der Waals surface area (Å²) in [6.45, 7) is 0. The van der Waals surface area contributed by atoms with Crippen LogP contribution in [0.25, 0.3) is 0 Å². The van der Waals surface area contributed by atoms with Gasteiger partial charge in [0.2, 0.25) is 5.91 Å². The molecule has 4 nitrogen and oxygen atoms in total. The summed E-state index contributed by atoms with van der Waals surface area (Å²) in [6.07, 6.45) is -0.394. The Morgan fingerprint density at radius 2 is 2.00 bits per heavy atom. The topological polar surface area (TPSA) is 61.5 Å². The minimum absolute atomic E-state index is 0.104. The molecule has 0 saturated carbocycles. The van der Waals surface area contributed by atoms with Crippen molar-refractivity contribution in [2.24, 2.45) is 5.73 Å². The number of methoxy groups -OCH3 is 2. The minimum Gasteiger partial charge on any atom is -0.370 e. The summed E-state index contributed by atoms with van der Waals surface area (Å²) in [5.74, 6) is -0.427. The van der Waals surface area contributed by atoms with Gasteiger partial charge in [-0.25, -0.2) is 0 Å². The highest BCUT2D eigenvalue weighted by molar-refractivity contribution is 5.74. The van der Waals surface area contributed by atoms with Crippen molar-refractivity contribution in [1.82, 2.24) is 0 Å². The molecule has 0 heterocycles. The predicted octanol–water partition coefficient (Wildman–Crippen LogP) is -0.519. The Morgan fingerprint density at radius 3 is 2.11 bits per heavy atom. The molecule has 4 heteroatoms. The Morgan fingerprint density at radius 1 is 1.56 bits per heavy atom. The van der Waals surface area contributed by atoms with Gasteiger partial charge in [0.05, 0.1) is 6.42 Å². The summed E-state index contributed by atoms with van der Waals surface area (Å²) in [5.41, 5.74) is 4.85. The molecular formula is C5H11NO3. The van der Waals surface area contributed by atoms with E-state index in [-0.39, 0.29) is 6.42 Å². The van der Waals surface area contributed by atoms with E-state index in [1.54, 1.807) is 0 Å². The van der Waals surface area contributed by atoms with Crippen LogP contribution in [0.15, 0.2) is 0 Å². The average Bonchev–Trinajstić information content (AvgIpc) is 1.82. The number of carbonyl (C=O) groups excluding carboxylic acids is 1. The van der Waals surface area contributed by atoms with Crippen molar-refractivity contribution in [1.29, 1.82) is 0 Å². The molecule has 0 aliphatic heterocycles. The number of rotatable bonds is 4. The van der Waals surface area contributed by atoms with Crippen LogP contribution in [0, 0.1) is 0 Å². The van der Waals surface area contributed by atoms with Gasteiger partial charge >= 0.3 is 0 Å². The quantitative estimate of drug-likeness (QED) is 0.525. The molecule has 0 aromatic carbocycles. The molecular weight excluding hydrogens is 122 g/mol. The fourth-order valence-corrected chi connectivity index (χ4v) is 0.427. The lowest BCUT2D eigenvalue weighted by Gasteiger charge is -2.09. The molecule has 0 aliphatic rings. The number of primary amides is 1. The van der Waals surface area contributed by atoms with E-state index in [2.05, 4.69) is 9.47 Å². The third kappa shape index (κ3) is 3.93. The lowest BCUT2D eigenvalue weighted by Crippen LogP contribution is -2.22. The van der Waals surface area contributed by atoms with Crippen LogP contribution < -0.4 is 5.73 Å². The van der Waals surface area contributed by atoms with Gasteiger partial charge in [0.15, 0.2) is 6.29 Å². The summed E-state index contributed by atoms with van der Waals surface area (Å²) in [5, 5.41) is 0. The fourth-order valence-electron chi connectivity index (χ4n) is 0.427. The van der Waals surface area contributed by atoms with E-state index in [9.17, 15) is 4.79 Å². The molecule has 54 valence electrons. The van der Waals surface area contributed by atoms with Crippen molar-refractivity contribution >= 4 is 5.91 Å². The largest absolute Gasteiger partial charge is 0.370 e. The lowest BCUT2D eigenvalue weighted by atomic mass is 10.4. The number of nitrogens with two attached hydrogens (primary N) is 1. The van der Waals surface area contributed by atoms with Crippen LogP contribution >= 0.6 is 0 Å². The third-order valence-electron chi connectivity index (χ3n) is 0.894. The highest BCUT2D eigenvalue weighted by Crippen LogP contribution is 1.94. The van der Waals surface area contributed by atoms with Gasteiger partial charge in [-0.15, -0.1) is 0 Å². The molecule has 0 bridgehead atoms. The Bertz CT molecular complexity index is 90.2. The molecule has 0 rings (SSSR count). The van der Waals surface area contributed by atoms with Gasteiger partial charge in [0, 0.05) is 14.2 Å². The van der Waals surface area contributed by atoms with Crippen LogP contribution in [0.2, 0.25) is 0 Å². The summed E-state index contributed by atoms with van der Waals surface area (Å²) < 4.78 is 9.37. The first-order chi connectivity index (χ1) is 4.20. The maximum Gasteiger partial charge on any atom is 0.222 e. The molecule has 0 saturated heterocycles. The second-order valence-corrected chi connectivity index (χ2v) is 1.57. The third-order valence-corrected chi connectivity index (χ3v) is 0.894. The summed E-state index contributed by atoms with van der Waals surface area (Å²) in [7, 11) is 2.91. The fraction of sp³-hybridized carbons (Fsp3) is 0.800. The van der Waals surface area contributed by atoms with Crippen LogP contribution in [0.5, 0.6) is 0 Å². The van der Waals surface area contributed by atoms with Crippen molar-refractivity contribution in [2.75, 3.05) is 14.2 Å². The van der Waals surface area contributed by atoms with E-state index in [1.165, 1.54) is 14.2 Å². The van der Waals surface area contributed by atoms with E-state index in [0.29, 0.717) is 0 Å². The van der Waals surface area contributed by atoms with Gasteiger partial charge in [0.1, 0.15) is 0 Å². The molecule has 0 atom stereocenters. The molecule has 0 radical (unpaired) electrons. The van der Waals surface area contributed by atoms with E-state index in [0.717, 1.165) is 0 Å². The minimum atomic E-state index is -0.498. The monoisotopic (exact) mass is 133 g/mol. The van der Waals surface area contributed by atoms with E-state index in [1.807, 2.05) is 0 Å². The molecule has 1 amide bonds. The van der Waals surface area contributed by atoms with Gasteiger partial charge in [-0.1, -0.05) is 0 Å². The molecule has 2 N–H and O–H groups in total. The summed E-state index contributed by atoms with van der Waals surface area (Å²) in [4.78, 5) is 10.2. The van der Waals surface area contributed by atoms with Crippen molar-refractivity contribution < 1.29 is 14.3 Å². The van der Waals surface area contributed by atoms with E-state index >= 15 is 0 Å². The maximum atomic E-state index is 10.2. The number of carbonyl (C=O) groups is 1. The van der Waals surface area contributed by atoms with Gasteiger partial charge in [0.25, 0.3) is 0 Å². The van der Waals surface area contributed by atoms with Crippen molar-refractivity contribution in [3.05, 3.63) is 0 Å². The Labute approximate surface area is 53.9 Å². The lowest BCUT2D eigenvalue weighted by molar-refractivity contribution is -0.136. The van der Waals surface area contributed by atoms with Crippen LogP contribution in [-0.4, -0.2) is 26.4 Å². The number of amides is 1.